The first-order chi connectivity index (χ1) is 9.49. The van der Waals surface area contributed by atoms with Crippen LogP contribution in [0.3, 0.4) is 0 Å². The van der Waals surface area contributed by atoms with Gasteiger partial charge in [-0.25, -0.2) is 0 Å². The zero-order valence-electron chi connectivity index (χ0n) is 11.9. The summed E-state index contributed by atoms with van der Waals surface area (Å²) in [6.07, 6.45) is 1.19. The number of hydrogen-bond acceptors (Lipinski definition) is 3. The van der Waals surface area contributed by atoms with Gasteiger partial charge in [0.05, 0.1) is 5.92 Å². The molecule has 0 aliphatic heterocycles. The summed E-state index contributed by atoms with van der Waals surface area (Å²) in [6, 6.07) is 7.47. The lowest BCUT2D eigenvalue weighted by Crippen LogP contribution is -2.30. The fourth-order valence-electron chi connectivity index (χ4n) is 1.59. The van der Waals surface area contributed by atoms with Gasteiger partial charge in [-0.1, -0.05) is 24.6 Å². The minimum Gasteiger partial charge on any atom is -0.484 e. The molecule has 0 radical (unpaired) electrons. The lowest BCUT2D eigenvalue weighted by Gasteiger charge is -2.09. The molecule has 110 valence electrons. The summed E-state index contributed by atoms with van der Waals surface area (Å²) in [4.78, 5) is 22.1. The second-order valence-corrected chi connectivity index (χ2v) is 4.83. The van der Waals surface area contributed by atoms with Crippen molar-refractivity contribution in [3.8, 4) is 5.75 Å². The van der Waals surface area contributed by atoms with Crippen LogP contribution in [0.1, 0.15) is 25.3 Å². The Morgan fingerprint density at radius 2 is 1.95 bits per heavy atom. The molecule has 5 heteroatoms. The Morgan fingerprint density at radius 3 is 2.55 bits per heavy atom. The molecule has 0 spiro atoms. The summed E-state index contributed by atoms with van der Waals surface area (Å²) < 4.78 is 5.33. The average molecular weight is 279 g/mol. The molecule has 1 aromatic rings. The number of rotatable bonds is 8. The van der Waals surface area contributed by atoms with Crippen molar-refractivity contribution in [2.45, 2.75) is 26.7 Å². The lowest BCUT2D eigenvalue weighted by molar-refractivity contribution is -0.141. The standard InChI is InChI=1S/C15H21NO4/c1-11-5-7-13(8-6-11)20-10-14(17)16-9-3-4-12(2)15(18)19/h5-8,12H,3-4,9-10H2,1-2H3,(H,16,17)(H,18,19). The average Bonchev–Trinajstić information content (AvgIpc) is 2.42. The molecule has 0 heterocycles. The van der Waals surface area contributed by atoms with Crippen molar-refractivity contribution in [1.29, 1.82) is 0 Å². The number of carboxylic acid groups (broad SMARTS) is 1. The monoisotopic (exact) mass is 279 g/mol. The molecule has 0 aromatic heterocycles. The number of carbonyl (C=O) groups is 2. The molecule has 20 heavy (non-hydrogen) atoms. The smallest absolute Gasteiger partial charge is 0.306 e. The van der Waals surface area contributed by atoms with E-state index in [0.29, 0.717) is 25.1 Å². The van der Waals surface area contributed by atoms with E-state index < -0.39 is 5.97 Å². The van der Waals surface area contributed by atoms with E-state index in [1.165, 1.54) is 0 Å². The fraction of sp³-hybridized carbons (Fsp3) is 0.467. The highest BCUT2D eigenvalue weighted by molar-refractivity contribution is 5.77. The summed E-state index contributed by atoms with van der Waals surface area (Å²) in [5.41, 5.74) is 1.13. The Labute approximate surface area is 118 Å². The number of carbonyl (C=O) groups excluding carboxylic acids is 1. The molecule has 0 fully saturated rings. The summed E-state index contributed by atoms with van der Waals surface area (Å²) >= 11 is 0. The highest BCUT2D eigenvalue weighted by Crippen LogP contribution is 2.10. The Kier molecular flexibility index (Phi) is 6.56. The van der Waals surface area contributed by atoms with E-state index in [-0.39, 0.29) is 18.4 Å². The van der Waals surface area contributed by atoms with Gasteiger partial charge in [-0.3, -0.25) is 9.59 Å². The number of aryl methyl sites for hydroxylation is 1. The molecule has 0 aliphatic carbocycles. The predicted octanol–water partition coefficient (Wildman–Crippen LogP) is 1.99. The van der Waals surface area contributed by atoms with Crippen LogP contribution in [0.25, 0.3) is 0 Å². The maximum atomic E-state index is 11.5. The van der Waals surface area contributed by atoms with Gasteiger partial charge in [0.2, 0.25) is 0 Å². The van der Waals surface area contributed by atoms with Crippen LogP contribution >= 0.6 is 0 Å². The van der Waals surface area contributed by atoms with Gasteiger partial charge >= 0.3 is 5.97 Å². The quantitative estimate of drug-likeness (QED) is 0.714. The van der Waals surface area contributed by atoms with E-state index >= 15 is 0 Å². The third-order valence-electron chi connectivity index (χ3n) is 2.95. The number of benzene rings is 1. The Balaban J connectivity index is 2.14. The molecule has 1 atom stereocenters. The number of nitrogens with one attached hydrogen (secondary N) is 1. The van der Waals surface area contributed by atoms with Crippen LogP contribution in [0.2, 0.25) is 0 Å². The van der Waals surface area contributed by atoms with E-state index in [1.807, 2.05) is 31.2 Å². The van der Waals surface area contributed by atoms with E-state index in [4.69, 9.17) is 9.84 Å². The van der Waals surface area contributed by atoms with Gasteiger partial charge in [0.15, 0.2) is 6.61 Å². The van der Waals surface area contributed by atoms with Gasteiger partial charge in [0.25, 0.3) is 5.91 Å². The molecule has 0 bridgehead atoms. The Hall–Kier alpha value is -2.04. The number of hydrogen-bond donors (Lipinski definition) is 2. The van der Waals surface area contributed by atoms with E-state index in [9.17, 15) is 9.59 Å². The van der Waals surface area contributed by atoms with Crippen molar-refractivity contribution in [2.24, 2.45) is 5.92 Å². The van der Waals surface area contributed by atoms with Crippen LogP contribution in [-0.2, 0) is 9.59 Å². The van der Waals surface area contributed by atoms with Gasteiger partial charge in [-0.2, -0.15) is 0 Å². The van der Waals surface area contributed by atoms with Crippen molar-refractivity contribution in [1.82, 2.24) is 5.32 Å². The van der Waals surface area contributed by atoms with Crippen LogP contribution in [0.15, 0.2) is 24.3 Å². The minimum atomic E-state index is -0.806. The van der Waals surface area contributed by atoms with Crippen molar-refractivity contribution in [3.05, 3.63) is 29.8 Å². The van der Waals surface area contributed by atoms with Gasteiger partial charge < -0.3 is 15.2 Å². The van der Waals surface area contributed by atoms with Gasteiger partial charge in [-0.15, -0.1) is 0 Å². The van der Waals surface area contributed by atoms with Crippen molar-refractivity contribution < 1.29 is 19.4 Å². The van der Waals surface area contributed by atoms with Gasteiger partial charge in [-0.05, 0) is 31.9 Å². The maximum Gasteiger partial charge on any atom is 0.306 e. The van der Waals surface area contributed by atoms with Crippen LogP contribution in [0.5, 0.6) is 5.75 Å². The highest BCUT2D eigenvalue weighted by Gasteiger charge is 2.10. The van der Waals surface area contributed by atoms with E-state index in [0.717, 1.165) is 5.56 Å². The highest BCUT2D eigenvalue weighted by atomic mass is 16.5. The summed E-state index contributed by atoms with van der Waals surface area (Å²) in [5.74, 6) is -0.728. The number of carboxylic acids is 1. The lowest BCUT2D eigenvalue weighted by atomic mass is 10.1. The third kappa shape index (κ3) is 6.22. The van der Waals surface area contributed by atoms with Crippen LogP contribution in [-0.4, -0.2) is 30.1 Å². The van der Waals surface area contributed by atoms with Crippen molar-refractivity contribution in [3.63, 3.8) is 0 Å². The molecule has 5 nitrogen and oxygen atoms in total. The van der Waals surface area contributed by atoms with E-state index in [2.05, 4.69) is 5.32 Å². The molecular formula is C15H21NO4. The van der Waals surface area contributed by atoms with Crippen LogP contribution in [0.4, 0.5) is 0 Å². The zero-order chi connectivity index (χ0) is 15.0. The molecule has 0 aliphatic rings. The van der Waals surface area contributed by atoms with Crippen LogP contribution < -0.4 is 10.1 Å². The molecule has 0 saturated carbocycles. The summed E-state index contributed by atoms with van der Waals surface area (Å²) in [7, 11) is 0. The third-order valence-corrected chi connectivity index (χ3v) is 2.95. The minimum absolute atomic E-state index is 0.0302. The molecule has 0 saturated heterocycles. The summed E-state index contributed by atoms with van der Waals surface area (Å²) in [6.45, 7) is 4.07. The molecule has 1 aromatic carbocycles. The molecule has 1 unspecified atom stereocenters. The topological polar surface area (TPSA) is 75.6 Å². The molecule has 1 rings (SSSR count). The first kappa shape index (κ1) is 16.0. The first-order valence-corrected chi connectivity index (χ1v) is 6.68. The largest absolute Gasteiger partial charge is 0.484 e. The molecular weight excluding hydrogens is 258 g/mol. The SMILES string of the molecule is Cc1ccc(OCC(=O)NCCCC(C)C(=O)O)cc1. The fourth-order valence-corrected chi connectivity index (χ4v) is 1.59. The van der Waals surface area contributed by atoms with E-state index in [1.54, 1.807) is 6.92 Å². The maximum absolute atomic E-state index is 11.5. The van der Waals surface area contributed by atoms with Crippen LogP contribution in [0, 0.1) is 12.8 Å². The van der Waals surface area contributed by atoms with Crippen molar-refractivity contribution in [2.75, 3.05) is 13.2 Å². The number of amides is 1. The second kappa shape index (κ2) is 8.19. The normalized spacial score (nSPS) is 11.7. The Morgan fingerprint density at radius 1 is 1.30 bits per heavy atom. The second-order valence-electron chi connectivity index (χ2n) is 4.83. The number of aliphatic carboxylic acids is 1. The molecule has 1 amide bonds. The predicted molar refractivity (Wildman–Crippen MR) is 75.7 cm³/mol. The zero-order valence-corrected chi connectivity index (χ0v) is 11.9. The molecule has 2 N–H and O–H groups in total. The summed E-state index contributed by atoms with van der Waals surface area (Å²) in [5, 5.41) is 11.4. The first-order valence-electron chi connectivity index (χ1n) is 6.68. The van der Waals surface area contributed by atoms with Gasteiger partial charge in [0, 0.05) is 6.54 Å². The number of ether oxygens (including phenoxy) is 1. The Bertz CT molecular complexity index is 442. The van der Waals surface area contributed by atoms with Gasteiger partial charge in [0.1, 0.15) is 5.75 Å². The van der Waals surface area contributed by atoms with Crippen molar-refractivity contribution >= 4 is 11.9 Å².